The molecule has 0 unspecified atom stereocenters. The Morgan fingerprint density at radius 2 is 1.83 bits per heavy atom. The molecule has 0 spiro atoms. The highest BCUT2D eigenvalue weighted by molar-refractivity contribution is 5.91. The molecule has 41 heavy (non-hydrogen) atoms. The lowest BCUT2D eigenvalue weighted by Crippen LogP contribution is -2.36. The van der Waals surface area contributed by atoms with Gasteiger partial charge in [-0.15, -0.1) is 0 Å². The lowest BCUT2D eigenvalue weighted by Gasteiger charge is -2.31. The second kappa shape index (κ2) is 12.5. The van der Waals surface area contributed by atoms with Crippen LogP contribution in [0.5, 0.6) is 5.75 Å². The molecule has 1 amide bonds. The number of carbonyl (C=O) groups is 1. The number of aromatic nitrogens is 2. The van der Waals surface area contributed by atoms with Crippen molar-refractivity contribution >= 4 is 28.3 Å². The molecule has 1 heterocycles. The summed E-state index contributed by atoms with van der Waals surface area (Å²) in [7, 11) is 5.05. The number of halogens is 3. The first-order valence-corrected chi connectivity index (χ1v) is 13.8. The number of methoxy groups -OCH3 is 2. The summed E-state index contributed by atoms with van der Waals surface area (Å²) in [5.74, 6) is 2.05. The molecular weight excluding hydrogens is 535 g/mol. The lowest BCUT2D eigenvalue weighted by molar-refractivity contribution is -0.137. The number of nitrogens with one attached hydrogen (secondary N) is 1. The number of likely N-dealkylation sites (N-methyl/N-ethyl adjacent to an activating group) is 1. The minimum atomic E-state index is -4.50. The topological polar surface area (TPSA) is 103 Å². The van der Waals surface area contributed by atoms with Crippen LogP contribution in [0.4, 0.5) is 24.7 Å². The Labute approximate surface area is 238 Å². The molecule has 1 atom stereocenters. The summed E-state index contributed by atoms with van der Waals surface area (Å²) in [6, 6.07) is 6.95. The number of hydrogen-bond donors (Lipinski definition) is 2. The molecule has 2 aromatic carbocycles. The molecule has 1 fully saturated rings. The standard InChI is InChI=1S/C30H38F3N5O3/c1-17(21-12-22(30(31,32)33)14-23(34)13-21)35-28-25-15-24(27(41-5)16-26(25)36-18(2)37-28)19-6-8-20(9-7-19)29(39)38(3)10-11-40-4/h12-17,19-20H,6-11,34H2,1-5H3,(H,35,36,37)/t17-,19-,20-/m1/s1. The van der Waals surface area contributed by atoms with Crippen LogP contribution in [-0.4, -0.2) is 55.2 Å². The summed E-state index contributed by atoms with van der Waals surface area (Å²) in [6.45, 7) is 4.60. The molecule has 0 saturated heterocycles. The van der Waals surface area contributed by atoms with Crippen molar-refractivity contribution in [2.45, 2.75) is 57.7 Å². The zero-order chi connectivity index (χ0) is 29.9. The zero-order valence-corrected chi connectivity index (χ0v) is 24.1. The summed E-state index contributed by atoms with van der Waals surface area (Å²) in [4.78, 5) is 23.8. The van der Waals surface area contributed by atoms with E-state index in [2.05, 4.69) is 15.3 Å². The minimum absolute atomic E-state index is 0.0245. The highest BCUT2D eigenvalue weighted by Gasteiger charge is 2.32. The molecule has 1 saturated carbocycles. The summed E-state index contributed by atoms with van der Waals surface area (Å²) in [5, 5.41) is 4.04. The first-order chi connectivity index (χ1) is 19.4. The van der Waals surface area contributed by atoms with Crippen LogP contribution in [0.3, 0.4) is 0 Å². The third-order valence-corrected chi connectivity index (χ3v) is 7.84. The van der Waals surface area contributed by atoms with Gasteiger partial charge in [0.1, 0.15) is 17.4 Å². The van der Waals surface area contributed by atoms with E-state index in [9.17, 15) is 18.0 Å². The largest absolute Gasteiger partial charge is 0.496 e. The third-order valence-electron chi connectivity index (χ3n) is 7.84. The zero-order valence-electron chi connectivity index (χ0n) is 24.1. The SMILES string of the molecule is COCCN(C)C(=O)[C@H]1CC[C@H](c2cc3c(N[C@H](C)c4cc(N)cc(C(F)(F)F)c4)nc(C)nc3cc2OC)CC1. The van der Waals surface area contributed by atoms with E-state index >= 15 is 0 Å². The second-order valence-electron chi connectivity index (χ2n) is 10.8. The fraction of sp³-hybridized carbons (Fsp3) is 0.500. The fourth-order valence-electron chi connectivity index (χ4n) is 5.58. The van der Waals surface area contributed by atoms with Gasteiger partial charge in [-0.25, -0.2) is 9.97 Å². The molecule has 0 aliphatic heterocycles. The molecule has 1 aliphatic rings. The number of hydrogen-bond acceptors (Lipinski definition) is 7. The normalized spacial score (nSPS) is 18.2. The van der Waals surface area contributed by atoms with Crippen molar-refractivity contribution in [3.63, 3.8) is 0 Å². The van der Waals surface area contributed by atoms with Crippen LogP contribution >= 0.6 is 0 Å². The van der Waals surface area contributed by atoms with Gasteiger partial charge < -0.3 is 25.4 Å². The van der Waals surface area contributed by atoms with Gasteiger partial charge in [0.05, 0.1) is 30.8 Å². The van der Waals surface area contributed by atoms with Crippen molar-refractivity contribution in [1.82, 2.24) is 14.9 Å². The van der Waals surface area contributed by atoms with Crippen LogP contribution in [0.25, 0.3) is 10.9 Å². The highest BCUT2D eigenvalue weighted by Crippen LogP contribution is 2.42. The summed E-state index contributed by atoms with van der Waals surface area (Å²) >= 11 is 0. The van der Waals surface area contributed by atoms with Crippen LogP contribution in [0.15, 0.2) is 30.3 Å². The summed E-state index contributed by atoms with van der Waals surface area (Å²) in [5.41, 5.74) is 7.12. The van der Waals surface area contributed by atoms with Crippen molar-refractivity contribution in [3.8, 4) is 5.75 Å². The summed E-state index contributed by atoms with van der Waals surface area (Å²) < 4.78 is 51.1. The number of rotatable bonds is 9. The number of ether oxygens (including phenoxy) is 2. The second-order valence-corrected chi connectivity index (χ2v) is 10.8. The molecule has 1 aromatic heterocycles. The van der Waals surface area contributed by atoms with E-state index in [0.717, 1.165) is 48.8 Å². The maximum absolute atomic E-state index is 13.4. The maximum atomic E-state index is 13.4. The number of amides is 1. The van der Waals surface area contributed by atoms with Gasteiger partial charge in [0.2, 0.25) is 5.91 Å². The van der Waals surface area contributed by atoms with Crippen LogP contribution in [0.1, 0.15) is 67.1 Å². The molecule has 0 radical (unpaired) electrons. The minimum Gasteiger partial charge on any atom is -0.496 e. The van der Waals surface area contributed by atoms with Crippen molar-refractivity contribution < 1.29 is 27.4 Å². The van der Waals surface area contributed by atoms with Crippen molar-refractivity contribution in [2.75, 3.05) is 45.5 Å². The van der Waals surface area contributed by atoms with Gasteiger partial charge in [-0.3, -0.25) is 4.79 Å². The lowest BCUT2D eigenvalue weighted by atomic mass is 9.77. The number of alkyl halides is 3. The van der Waals surface area contributed by atoms with Crippen LogP contribution in [0.2, 0.25) is 0 Å². The van der Waals surface area contributed by atoms with Gasteiger partial charge in [0, 0.05) is 43.8 Å². The highest BCUT2D eigenvalue weighted by atomic mass is 19.4. The van der Waals surface area contributed by atoms with Crippen molar-refractivity contribution in [1.29, 1.82) is 0 Å². The Balaban J connectivity index is 1.61. The number of nitrogen functional groups attached to an aromatic ring is 1. The molecule has 8 nitrogen and oxygen atoms in total. The van der Waals surface area contributed by atoms with Crippen molar-refractivity contribution in [2.24, 2.45) is 5.92 Å². The number of benzene rings is 2. The van der Waals surface area contributed by atoms with E-state index in [-0.39, 0.29) is 23.4 Å². The first kappa shape index (κ1) is 30.4. The van der Waals surface area contributed by atoms with E-state index in [4.69, 9.17) is 15.2 Å². The molecular formula is C30H38F3N5O3. The number of anilines is 2. The van der Waals surface area contributed by atoms with Gasteiger partial charge in [0.15, 0.2) is 0 Å². The molecule has 222 valence electrons. The monoisotopic (exact) mass is 573 g/mol. The Morgan fingerprint density at radius 1 is 1.12 bits per heavy atom. The smallest absolute Gasteiger partial charge is 0.416 e. The third kappa shape index (κ3) is 7.01. The van der Waals surface area contributed by atoms with Crippen molar-refractivity contribution in [3.05, 3.63) is 52.8 Å². The van der Waals surface area contributed by atoms with E-state index in [1.165, 1.54) is 6.07 Å². The maximum Gasteiger partial charge on any atom is 0.416 e. The van der Waals surface area contributed by atoms with E-state index in [1.807, 2.05) is 19.2 Å². The van der Waals surface area contributed by atoms with E-state index < -0.39 is 17.8 Å². The van der Waals surface area contributed by atoms with Crippen LogP contribution < -0.4 is 15.8 Å². The molecule has 1 aliphatic carbocycles. The van der Waals surface area contributed by atoms with Crippen LogP contribution in [0, 0.1) is 12.8 Å². The Hall–Kier alpha value is -3.60. The Kier molecular flexibility index (Phi) is 9.26. The molecule has 0 bridgehead atoms. The van der Waals surface area contributed by atoms with Gasteiger partial charge in [0.25, 0.3) is 0 Å². The van der Waals surface area contributed by atoms with Gasteiger partial charge in [-0.1, -0.05) is 0 Å². The van der Waals surface area contributed by atoms with E-state index in [0.29, 0.717) is 41.6 Å². The average Bonchev–Trinajstić information content (AvgIpc) is 2.94. The van der Waals surface area contributed by atoms with E-state index in [1.54, 1.807) is 33.0 Å². The molecule has 3 aromatic rings. The molecule has 3 N–H and O–H groups in total. The Bertz CT molecular complexity index is 1390. The Morgan fingerprint density at radius 3 is 2.46 bits per heavy atom. The molecule has 4 rings (SSSR count). The van der Waals surface area contributed by atoms with Gasteiger partial charge in [-0.05, 0) is 80.8 Å². The number of fused-ring (bicyclic) bond motifs is 1. The average molecular weight is 574 g/mol. The van der Waals surface area contributed by atoms with Gasteiger partial charge in [-0.2, -0.15) is 13.2 Å². The number of nitrogens with two attached hydrogens (primary N) is 1. The summed E-state index contributed by atoms with van der Waals surface area (Å²) in [6.07, 6.45) is -1.31. The number of nitrogens with zero attached hydrogens (tertiary/aromatic N) is 3. The number of carbonyl (C=O) groups excluding carboxylic acids is 1. The predicted molar refractivity (Wildman–Crippen MR) is 153 cm³/mol. The van der Waals surface area contributed by atoms with Crippen LogP contribution in [-0.2, 0) is 15.7 Å². The number of aryl methyl sites for hydroxylation is 1. The first-order valence-electron chi connectivity index (χ1n) is 13.8. The molecule has 11 heteroatoms. The quantitative estimate of drug-likeness (QED) is 0.298. The predicted octanol–water partition coefficient (Wildman–Crippen LogP) is 6.10. The van der Waals surface area contributed by atoms with Gasteiger partial charge >= 0.3 is 6.18 Å². The fourth-order valence-corrected chi connectivity index (χ4v) is 5.58.